The number of aryl methyl sites for hydroxylation is 2. The first kappa shape index (κ1) is 14.4. The normalized spacial score (nSPS) is 13.2. The summed E-state index contributed by atoms with van der Waals surface area (Å²) in [6.07, 6.45) is 1.17. The quantitative estimate of drug-likeness (QED) is 0.755. The summed E-state index contributed by atoms with van der Waals surface area (Å²) >= 11 is 6.03. The Balaban J connectivity index is 2.98. The van der Waals surface area contributed by atoms with Crippen molar-refractivity contribution >= 4 is 17.4 Å². The van der Waals surface area contributed by atoms with Crippen molar-refractivity contribution in [3.05, 3.63) is 11.3 Å². The average Bonchev–Trinajstić information content (AvgIpc) is 2.50. The van der Waals surface area contributed by atoms with E-state index in [-0.39, 0.29) is 0 Å². The summed E-state index contributed by atoms with van der Waals surface area (Å²) in [5.41, 5.74) is 2.17. The SMILES string of the molecule is Cc1nn(C)c(N(C)C(C)CC(C)C)c1CCl. The van der Waals surface area contributed by atoms with E-state index in [0.717, 1.165) is 17.1 Å². The minimum atomic E-state index is 0.492. The third-order valence-corrected chi connectivity index (χ3v) is 3.52. The van der Waals surface area contributed by atoms with Gasteiger partial charge >= 0.3 is 0 Å². The van der Waals surface area contributed by atoms with E-state index in [1.165, 1.54) is 6.42 Å². The van der Waals surface area contributed by atoms with Gasteiger partial charge in [-0.15, -0.1) is 11.6 Å². The fraction of sp³-hybridized carbons (Fsp3) is 0.769. The summed E-state index contributed by atoms with van der Waals surface area (Å²) in [6, 6.07) is 0.492. The van der Waals surface area contributed by atoms with Gasteiger partial charge in [0.1, 0.15) is 5.82 Å². The van der Waals surface area contributed by atoms with Crippen LogP contribution in [0.25, 0.3) is 0 Å². The number of hydrogen-bond donors (Lipinski definition) is 0. The van der Waals surface area contributed by atoms with E-state index in [4.69, 9.17) is 11.6 Å². The van der Waals surface area contributed by atoms with Gasteiger partial charge in [-0.25, -0.2) is 0 Å². The largest absolute Gasteiger partial charge is 0.357 e. The average molecular weight is 258 g/mol. The standard InChI is InChI=1S/C13H24ClN3/c1-9(2)7-10(3)16(5)13-12(8-14)11(4)15-17(13)6/h9-10H,7-8H2,1-6H3. The molecular formula is C13H24ClN3. The van der Waals surface area contributed by atoms with E-state index in [9.17, 15) is 0 Å². The van der Waals surface area contributed by atoms with Gasteiger partial charge < -0.3 is 4.90 Å². The Labute approximate surface area is 110 Å². The highest BCUT2D eigenvalue weighted by Crippen LogP contribution is 2.26. The van der Waals surface area contributed by atoms with Crippen molar-refractivity contribution in [3.8, 4) is 0 Å². The van der Waals surface area contributed by atoms with Gasteiger partial charge in [-0.05, 0) is 26.2 Å². The number of nitrogens with zero attached hydrogens (tertiary/aromatic N) is 3. The van der Waals surface area contributed by atoms with Crippen molar-refractivity contribution in [2.45, 2.75) is 46.0 Å². The Hall–Kier alpha value is -0.700. The summed E-state index contributed by atoms with van der Waals surface area (Å²) in [5, 5.41) is 4.46. The lowest BCUT2D eigenvalue weighted by Gasteiger charge is -2.29. The molecule has 0 saturated heterocycles. The fourth-order valence-corrected chi connectivity index (χ4v) is 2.65. The summed E-state index contributed by atoms with van der Waals surface area (Å²) in [7, 11) is 4.11. The first-order chi connectivity index (χ1) is 7.88. The topological polar surface area (TPSA) is 21.1 Å². The molecule has 17 heavy (non-hydrogen) atoms. The molecule has 1 heterocycles. The van der Waals surface area contributed by atoms with Crippen molar-refractivity contribution < 1.29 is 0 Å². The van der Waals surface area contributed by atoms with Crippen LogP contribution in [0.1, 0.15) is 38.4 Å². The van der Waals surface area contributed by atoms with Gasteiger partial charge in [0.05, 0.1) is 11.6 Å². The Bertz CT molecular complexity index is 371. The molecular weight excluding hydrogens is 234 g/mol. The summed E-state index contributed by atoms with van der Waals surface area (Å²) in [5.74, 6) is 2.36. The zero-order chi connectivity index (χ0) is 13.2. The zero-order valence-corrected chi connectivity index (χ0v) is 12.5. The van der Waals surface area contributed by atoms with Gasteiger partial charge in [0, 0.05) is 25.7 Å². The molecule has 0 bridgehead atoms. The molecule has 0 N–H and O–H groups in total. The number of alkyl halides is 1. The second-order valence-corrected chi connectivity index (χ2v) is 5.50. The number of halogens is 1. The van der Waals surface area contributed by atoms with E-state index < -0.39 is 0 Å². The third kappa shape index (κ3) is 3.15. The van der Waals surface area contributed by atoms with E-state index in [0.29, 0.717) is 17.8 Å². The van der Waals surface area contributed by atoms with Gasteiger partial charge in [-0.2, -0.15) is 5.10 Å². The Morgan fingerprint density at radius 3 is 2.41 bits per heavy atom. The van der Waals surface area contributed by atoms with Crippen molar-refractivity contribution in [2.24, 2.45) is 13.0 Å². The van der Waals surface area contributed by atoms with Crippen molar-refractivity contribution in [1.82, 2.24) is 9.78 Å². The number of rotatable bonds is 5. The number of aromatic nitrogens is 2. The van der Waals surface area contributed by atoms with Gasteiger partial charge in [-0.3, -0.25) is 4.68 Å². The maximum Gasteiger partial charge on any atom is 0.131 e. The highest BCUT2D eigenvalue weighted by atomic mass is 35.5. The first-order valence-corrected chi connectivity index (χ1v) is 6.73. The van der Waals surface area contributed by atoms with Crippen LogP contribution in [-0.2, 0) is 12.9 Å². The molecule has 0 radical (unpaired) electrons. The molecule has 0 fully saturated rings. The smallest absolute Gasteiger partial charge is 0.131 e. The summed E-state index contributed by atoms with van der Waals surface area (Å²) < 4.78 is 1.93. The molecule has 1 atom stereocenters. The predicted octanol–water partition coefficient (Wildman–Crippen LogP) is 3.34. The van der Waals surface area contributed by atoms with Gasteiger partial charge in [0.25, 0.3) is 0 Å². The minimum Gasteiger partial charge on any atom is -0.357 e. The molecule has 0 saturated carbocycles. The van der Waals surface area contributed by atoms with Crippen molar-refractivity contribution in [3.63, 3.8) is 0 Å². The molecule has 0 spiro atoms. The Morgan fingerprint density at radius 1 is 1.35 bits per heavy atom. The molecule has 0 aliphatic heterocycles. The Kier molecular flexibility index (Phi) is 4.87. The highest BCUT2D eigenvalue weighted by molar-refractivity contribution is 6.17. The van der Waals surface area contributed by atoms with Crippen molar-refractivity contribution in [2.75, 3.05) is 11.9 Å². The summed E-state index contributed by atoms with van der Waals surface area (Å²) in [4.78, 5) is 2.29. The molecule has 0 amide bonds. The fourth-order valence-electron chi connectivity index (χ4n) is 2.34. The third-order valence-electron chi connectivity index (χ3n) is 3.25. The van der Waals surface area contributed by atoms with Crippen LogP contribution in [0.15, 0.2) is 0 Å². The molecule has 0 aliphatic carbocycles. The van der Waals surface area contributed by atoms with Crippen LogP contribution in [0.2, 0.25) is 0 Å². The number of hydrogen-bond acceptors (Lipinski definition) is 2. The van der Waals surface area contributed by atoms with E-state index in [1.54, 1.807) is 0 Å². The lowest BCUT2D eigenvalue weighted by atomic mass is 10.0. The Morgan fingerprint density at radius 2 is 1.94 bits per heavy atom. The van der Waals surface area contributed by atoms with Gasteiger partial charge in [0.2, 0.25) is 0 Å². The second kappa shape index (κ2) is 5.76. The maximum atomic E-state index is 6.03. The lowest BCUT2D eigenvalue weighted by molar-refractivity contribution is 0.497. The van der Waals surface area contributed by atoms with Crippen LogP contribution in [0.3, 0.4) is 0 Å². The molecule has 1 aromatic heterocycles. The monoisotopic (exact) mass is 257 g/mol. The van der Waals surface area contributed by atoms with Crippen LogP contribution in [0, 0.1) is 12.8 Å². The molecule has 98 valence electrons. The zero-order valence-electron chi connectivity index (χ0n) is 11.8. The number of anilines is 1. The predicted molar refractivity (Wildman–Crippen MR) is 74.8 cm³/mol. The van der Waals surface area contributed by atoms with Crippen LogP contribution >= 0.6 is 11.6 Å². The van der Waals surface area contributed by atoms with Crippen LogP contribution in [0.4, 0.5) is 5.82 Å². The van der Waals surface area contributed by atoms with Crippen LogP contribution in [0.5, 0.6) is 0 Å². The van der Waals surface area contributed by atoms with E-state index in [2.05, 4.69) is 37.8 Å². The maximum absolute atomic E-state index is 6.03. The molecule has 1 rings (SSSR count). The van der Waals surface area contributed by atoms with Crippen LogP contribution in [-0.4, -0.2) is 22.9 Å². The van der Waals surface area contributed by atoms with Gasteiger partial charge in [-0.1, -0.05) is 13.8 Å². The molecule has 4 heteroatoms. The van der Waals surface area contributed by atoms with Crippen LogP contribution < -0.4 is 4.90 Å². The molecule has 0 aliphatic rings. The van der Waals surface area contributed by atoms with Crippen molar-refractivity contribution in [1.29, 1.82) is 0 Å². The molecule has 1 aromatic rings. The van der Waals surface area contributed by atoms with Gasteiger partial charge in [0.15, 0.2) is 0 Å². The minimum absolute atomic E-state index is 0.492. The first-order valence-electron chi connectivity index (χ1n) is 6.19. The molecule has 1 unspecified atom stereocenters. The molecule has 0 aromatic carbocycles. The molecule has 3 nitrogen and oxygen atoms in total. The summed E-state index contributed by atoms with van der Waals surface area (Å²) in [6.45, 7) is 8.77. The van der Waals surface area contributed by atoms with E-state index in [1.807, 2.05) is 18.7 Å². The second-order valence-electron chi connectivity index (χ2n) is 5.23. The van der Waals surface area contributed by atoms with E-state index >= 15 is 0 Å². The highest BCUT2D eigenvalue weighted by Gasteiger charge is 2.20. The lowest BCUT2D eigenvalue weighted by Crippen LogP contribution is -2.32.